The van der Waals surface area contributed by atoms with Gasteiger partial charge in [0.15, 0.2) is 0 Å². The van der Waals surface area contributed by atoms with E-state index in [4.69, 9.17) is 80.5 Å². The zero-order valence-electron chi connectivity index (χ0n) is 90.0. The standard InChI is InChI=1S/C103H174O34/c1-36-88(20,72(105)122-38-3)55-90(22,74(107)124-40-5)57-92(24,76(109)126-42-7)59-94(26,78(111)128-44-9)61-96(28,80(113)130-46-11)63-98(30,82(115)132-48-13)65-100(32,84(117)134-50-15)67-102(34,86(119)136-52-17)69-103(35,87(120)137-53-18)68-101(33,85(118)135-51-16)66-99(31,83(116)133-49-14)64-97(29,81(114)131-47-12)62-95(27,79(112)129-45-10)60-93(25,77(110)127-43-8)58-91(23,75(108)125-41-6)56-89(21,73(106)123-39-4)54-70(19)71(104)121-37-2/h70H,36-69H2,1-35H3. The van der Waals surface area contributed by atoms with Crippen LogP contribution in [0.25, 0.3) is 0 Å². The topological polar surface area (TPSA) is 447 Å². The molecule has 34 nitrogen and oxygen atoms in total. The Morgan fingerprint density at radius 2 is 0.234 bits per heavy atom. The Balaban J connectivity index is 9.96. The Bertz CT molecular complexity index is 3930. The van der Waals surface area contributed by atoms with Crippen molar-refractivity contribution in [1.29, 1.82) is 0 Å². The maximum atomic E-state index is 15.8. The minimum Gasteiger partial charge on any atom is -0.466 e. The maximum absolute atomic E-state index is 15.8. The first-order valence-corrected chi connectivity index (χ1v) is 49.2. The summed E-state index contributed by atoms with van der Waals surface area (Å²) in [5.41, 5.74) is -31.7. The van der Waals surface area contributed by atoms with Crippen LogP contribution in [-0.4, -0.2) is 214 Å². The van der Waals surface area contributed by atoms with Crippen LogP contribution in [0.2, 0.25) is 0 Å². The second-order valence-electron chi connectivity index (χ2n) is 41.4. The normalized spacial score (nSPS) is 18.8. The lowest BCUT2D eigenvalue weighted by atomic mass is 9.55. The van der Waals surface area contributed by atoms with Gasteiger partial charge < -0.3 is 80.5 Å². The van der Waals surface area contributed by atoms with Crippen molar-refractivity contribution < 1.29 is 162 Å². The minimum atomic E-state index is -2.17. The van der Waals surface area contributed by atoms with E-state index >= 15 is 57.5 Å². The molecule has 790 valence electrons. The zero-order valence-corrected chi connectivity index (χ0v) is 90.0. The molecule has 0 bridgehead atoms. The first-order valence-electron chi connectivity index (χ1n) is 49.2. The van der Waals surface area contributed by atoms with Crippen molar-refractivity contribution in [2.75, 3.05) is 112 Å². The van der Waals surface area contributed by atoms with E-state index < -0.39 is 284 Å². The van der Waals surface area contributed by atoms with Crippen molar-refractivity contribution in [1.82, 2.24) is 0 Å². The first kappa shape index (κ1) is 128. The van der Waals surface area contributed by atoms with Crippen molar-refractivity contribution in [2.45, 2.75) is 351 Å². The number of carbonyl (C=O) groups excluding carboxylic acids is 17. The fourth-order valence-corrected chi connectivity index (χ4v) is 22.3. The van der Waals surface area contributed by atoms with Gasteiger partial charge in [0.2, 0.25) is 0 Å². The average molecular weight is 1960 g/mol. The van der Waals surface area contributed by atoms with Crippen molar-refractivity contribution in [3.63, 3.8) is 0 Å². The summed E-state index contributed by atoms with van der Waals surface area (Å²) in [6, 6.07) is 0. The van der Waals surface area contributed by atoms with Gasteiger partial charge in [-0.3, -0.25) is 81.5 Å². The Hall–Kier alpha value is -9.01. The summed E-state index contributed by atoms with van der Waals surface area (Å²) in [4.78, 5) is 258. The van der Waals surface area contributed by atoms with Crippen LogP contribution in [0.5, 0.6) is 0 Å². The first-order chi connectivity index (χ1) is 63.2. The number of rotatable bonds is 67. The summed E-state index contributed by atoms with van der Waals surface area (Å²) in [6.07, 6.45) is -8.81. The third-order valence-corrected chi connectivity index (χ3v) is 26.2. The molecule has 0 spiro atoms. The lowest BCUT2D eigenvalue weighted by Crippen LogP contribution is -2.52. The molecule has 0 rings (SSSR count). The van der Waals surface area contributed by atoms with Crippen LogP contribution in [0.4, 0.5) is 0 Å². The third kappa shape index (κ3) is 34.4. The molecule has 0 aromatic carbocycles. The van der Waals surface area contributed by atoms with Crippen LogP contribution in [-0.2, 0) is 162 Å². The summed E-state index contributed by atoms with van der Waals surface area (Å²) in [5.74, 6) is -16.5. The van der Waals surface area contributed by atoms with E-state index in [1.165, 1.54) is 166 Å². The molecule has 17 unspecified atom stereocenters. The van der Waals surface area contributed by atoms with Gasteiger partial charge in [-0.15, -0.1) is 0 Å². The second-order valence-corrected chi connectivity index (χ2v) is 41.4. The highest BCUT2D eigenvalue weighted by Crippen LogP contribution is 2.61. The van der Waals surface area contributed by atoms with Crippen LogP contribution in [0.1, 0.15) is 351 Å². The molecule has 0 aliphatic carbocycles. The van der Waals surface area contributed by atoms with E-state index in [1.54, 1.807) is 76.2 Å². The number of ether oxygens (including phenoxy) is 17. The van der Waals surface area contributed by atoms with E-state index in [1.807, 2.05) is 0 Å². The summed E-state index contributed by atoms with van der Waals surface area (Å²) in [7, 11) is 0. The molecule has 0 aromatic heterocycles. The van der Waals surface area contributed by atoms with Crippen molar-refractivity contribution in [3.05, 3.63) is 0 Å². The third-order valence-electron chi connectivity index (χ3n) is 26.2. The van der Waals surface area contributed by atoms with Gasteiger partial charge in [0, 0.05) is 0 Å². The van der Waals surface area contributed by atoms with Crippen molar-refractivity contribution in [3.8, 4) is 0 Å². The number of carbonyl (C=O) groups is 17. The fourth-order valence-electron chi connectivity index (χ4n) is 22.3. The van der Waals surface area contributed by atoms with Gasteiger partial charge in [-0.05, 0) is 338 Å². The molecule has 0 heterocycles. The summed E-state index contributed by atoms with van der Waals surface area (Å²) in [6.45, 7) is 49.2. The molecule has 0 aliphatic rings. The molecule has 0 saturated heterocycles. The van der Waals surface area contributed by atoms with Gasteiger partial charge >= 0.3 is 101 Å². The largest absolute Gasteiger partial charge is 0.466 e. The number of hydrogen-bond acceptors (Lipinski definition) is 34. The summed E-state index contributed by atoms with van der Waals surface area (Å²) < 4.78 is 99.0. The van der Waals surface area contributed by atoms with Gasteiger partial charge in [0.25, 0.3) is 0 Å². The van der Waals surface area contributed by atoms with Crippen LogP contribution in [0.15, 0.2) is 0 Å². The molecular formula is C103H174O34. The minimum absolute atomic E-state index is 0.0118. The molecule has 0 saturated carbocycles. The van der Waals surface area contributed by atoms with E-state index in [9.17, 15) is 24.0 Å². The van der Waals surface area contributed by atoms with Crippen LogP contribution >= 0.6 is 0 Å². The zero-order chi connectivity index (χ0) is 106. The Morgan fingerprint density at radius 1 is 0.146 bits per heavy atom. The summed E-state index contributed by atoms with van der Waals surface area (Å²) in [5, 5.41) is 0. The molecule has 137 heavy (non-hydrogen) atoms. The molecule has 0 aliphatic heterocycles. The van der Waals surface area contributed by atoms with E-state index in [0.29, 0.717) is 0 Å². The quantitative estimate of drug-likeness (QED) is 0.0403. The van der Waals surface area contributed by atoms with E-state index in [-0.39, 0.29) is 132 Å². The number of hydrogen-bond donors (Lipinski definition) is 0. The molecule has 0 aromatic rings. The molecule has 34 heteroatoms. The molecule has 0 amide bonds. The van der Waals surface area contributed by atoms with Crippen molar-refractivity contribution in [2.24, 2.45) is 92.6 Å². The van der Waals surface area contributed by atoms with Crippen LogP contribution < -0.4 is 0 Å². The SMILES string of the molecule is CCOC(=O)C(C)CC(C)(CC(C)(CC(C)(CC(C)(CC(C)(CC(C)(CC(C)(CC(C)(CC(C)(CC(C)(CC(C)(CC(C)(CC(C)(CC(C)(CC(C)(CC(C)(CC)C(=O)OCC)C(=O)OCC)C(=O)OCC)C(=O)OCC)C(=O)OCC)C(=O)OCC)C(=O)OCC)C(=O)OCC)C(=O)OCC)C(=O)OCC)C(=O)OCC)C(=O)OCC)C(=O)OCC)C(=O)OCC)C(=O)OCC)C(=O)OCC. The highest BCUT2D eigenvalue weighted by Gasteiger charge is 2.65. The number of esters is 17. The lowest BCUT2D eigenvalue weighted by molar-refractivity contribution is -0.180. The Labute approximate surface area is 816 Å². The smallest absolute Gasteiger partial charge is 0.311 e. The van der Waals surface area contributed by atoms with Gasteiger partial charge in [-0.1, -0.05) is 13.8 Å². The highest BCUT2D eigenvalue weighted by atomic mass is 16.6. The van der Waals surface area contributed by atoms with Gasteiger partial charge in [-0.2, -0.15) is 0 Å². The van der Waals surface area contributed by atoms with Gasteiger partial charge in [-0.25, -0.2) is 0 Å². The van der Waals surface area contributed by atoms with Crippen LogP contribution in [0.3, 0.4) is 0 Å². The fraction of sp³-hybridized carbons (Fsp3) is 0.835. The molecule has 17 atom stereocenters. The molecule has 0 fully saturated rings. The predicted octanol–water partition coefficient (Wildman–Crippen LogP) is 16.9. The Morgan fingerprint density at radius 3 is 0.336 bits per heavy atom. The molecular weight excluding hydrogens is 1780 g/mol. The van der Waals surface area contributed by atoms with Gasteiger partial charge in [0.1, 0.15) is 0 Å². The second kappa shape index (κ2) is 54.7. The lowest BCUT2D eigenvalue weighted by Gasteiger charge is -2.48. The maximum Gasteiger partial charge on any atom is 0.311 e. The van der Waals surface area contributed by atoms with Gasteiger partial charge in [0.05, 0.1) is 205 Å². The summed E-state index contributed by atoms with van der Waals surface area (Å²) >= 11 is 0. The molecule has 0 radical (unpaired) electrons. The van der Waals surface area contributed by atoms with E-state index in [0.717, 1.165) is 0 Å². The van der Waals surface area contributed by atoms with Crippen LogP contribution in [0, 0.1) is 92.6 Å². The van der Waals surface area contributed by atoms with Crippen molar-refractivity contribution >= 4 is 101 Å². The van der Waals surface area contributed by atoms with E-state index in [2.05, 4.69) is 0 Å². The average Bonchev–Trinajstić information content (AvgIpc) is 0.749. The Kier molecular flexibility index (Phi) is 51.1. The molecule has 0 N–H and O–H groups in total. The monoisotopic (exact) mass is 1960 g/mol. The predicted molar refractivity (Wildman–Crippen MR) is 506 cm³/mol. The highest BCUT2D eigenvalue weighted by molar-refractivity contribution is 5.91.